The molecule has 4 fully saturated rings. The summed E-state index contributed by atoms with van der Waals surface area (Å²) in [6.45, 7) is 16.1. The van der Waals surface area contributed by atoms with Crippen LogP contribution in [0.25, 0.3) is 22.2 Å². The molecule has 1 aromatic carbocycles. The molecule has 0 bridgehead atoms. The number of amides is 1. The van der Waals surface area contributed by atoms with Crippen LogP contribution in [0.15, 0.2) is 31.0 Å². The van der Waals surface area contributed by atoms with Crippen molar-refractivity contribution in [1.29, 1.82) is 5.26 Å². The molecule has 1 N–H and O–H groups in total. The number of fused-ring (bicyclic) bond motifs is 1. The van der Waals surface area contributed by atoms with Crippen LogP contribution in [-0.4, -0.2) is 119 Å². The number of benzene rings is 1. The summed E-state index contributed by atoms with van der Waals surface area (Å²) in [5.41, 5.74) is 4.09. The average Bonchev–Trinajstić information content (AvgIpc) is 3.69. The first-order chi connectivity index (χ1) is 21.3. The van der Waals surface area contributed by atoms with Gasteiger partial charge in [0.2, 0.25) is 11.9 Å². The molecule has 0 saturated carbocycles. The molecule has 4 saturated heterocycles. The van der Waals surface area contributed by atoms with E-state index >= 15 is 0 Å². The molecule has 1 spiro atoms. The van der Waals surface area contributed by atoms with E-state index in [0.29, 0.717) is 48.2 Å². The van der Waals surface area contributed by atoms with Gasteiger partial charge in [0.25, 0.3) is 0 Å². The fraction of sp³-hybridized carbons (Fsp3) is 0.545. The van der Waals surface area contributed by atoms with Crippen LogP contribution in [0, 0.1) is 23.7 Å². The Hall–Kier alpha value is -4.01. The number of hydrogen-bond donors (Lipinski definition) is 1. The Balaban J connectivity index is 1.22. The number of nitrogens with one attached hydrogen (secondary N) is 1. The van der Waals surface area contributed by atoms with Crippen molar-refractivity contribution in [3.63, 3.8) is 0 Å². The fourth-order valence-corrected chi connectivity index (χ4v) is 7.79. The zero-order valence-corrected chi connectivity index (χ0v) is 26.1. The Kier molecular flexibility index (Phi) is 7.29. The van der Waals surface area contributed by atoms with E-state index < -0.39 is 0 Å². The second kappa shape index (κ2) is 11.2. The molecule has 11 nitrogen and oxygen atoms in total. The number of hydrogen-bond acceptors (Lipinski definition) is 9. The van der Waals surface area contributed by atoms with E-state index in [0.717, 1.165) is 87.1 Å². The van der Waals surface area contributed by atoms with Crippen molar-refractivity contribution in [3.05, 3.63) is 42.1 Å². The zero-order chi connectivity index (χ0) is 30.6. The molecule has 4 aliphatic heterocycles. The first-order valence-electron chi connectivity index (χ1n) is 15.9. The largest absolute Gasteiger partial charge is 0.355 e. The van der Waals surface area contributed by atoms with E-state index in [1.165, 1.54) is 6.08 Å². The number of carbonyl (C=O) groups is 1. The van der Waals surface area contributed by atoms with Gasteiger partial charge < -0.3 is 19.6 Å². The molecule has 0 radical (unpaired) electrons. The third kappa shape index (κ3) is 4.90. The number of piperidine rings is 1. The van der Waals surface area contributed by atoms with Gasteiger partial charge in [-0.15, -0.1) is 0 Å². The summed E-state index contributed by atoms with van der Waals surface area (Å²) in [5.74, 6) is 1.38. The van der Waals surface area contributed by atoms with Crippen LogP contribution in [0.3, 0.4) is 0 Å². The van der Waals surface area contributed by atoms with E-state index in [4.69, 9.17) is 9.97 Å². The second-order valence-electron chi connectivity index (χ2n) is 13.4. The lowest BCUT2D eigenvalue weighted by Crippen LogP contribution is -2.59. The topological polar surface area (TPSA) is 112 Å². The highest BCUT2D eigenvalue weighted by Crippen LogP contribution is 2.44. The van der Waals surface area contributed by atoms with Crippen molar-refractivity contribution in [1.82, 2.24) is 34.9 Å². The van der Waals surface area contributed by atoms with Gasteiger partial charge in [-0.1, -0.05) is 12.6 Å². The lowest BCUT2D eigenvalue weighted by Gasteiger charge is -2.47. The predicted molar refractivity (Wildman–Crippen MR) is 172 cm³/mol. The monoisotopic (exact) mass is 594 g/mol. The molecule has 11 heteroatoms. The number of anilines is 2. The average molecular weight is 595 g/mol. The van der Waals surface area contributed by atoms with Gasteiger partial charge in [-0.05, 0) is 57.9 Å². The van der Waals surface area contributed by atoms with Crippen molar-refractivity contribution in [3.8, 4) is 17.3 Å². The number of aromatic nitrogens is 4. The molecule has 6 heterocycles. The van der Waals surface area contributed by atoms with Crippen molar-refractivity contribution >= 4 is 28.6 Å². The van der Waals surface area contributed by atoms with Crippen molar-refractivity contribution in [2.45, 2.75) is 45.2 Å². The number of carbonyl (C=O) groups excluding carboxylic acids is 1. The maximum atomic E-state index is 12.2. The van der Waals surface area contributed by atoms with Gasteiger partial charge in [0.05, 0.1) is 17.4 Å². The Morgan fingerprint density at radius 1 is 1.11 bits per heavy atom. The van der Waals surface area contributed by atoms with Gasteiger partial charge in [-0.25, -0.2) is 4.98 Å². The molecule has 0 aliphatic carbocycles. The van der Waals surface area contributed by atoms with Crippen molar-refractivity contribution in [2.24, 2.45) is 5.41 Å². The smallest absolute Gasteiger partial charge is 0.245 e. The van der Waals surface area contributed by atoms with E-state index in [1.807, 2.05) is 17.2 Å². The number of likely N-dealkylation sites (N-methyl/N-ethyl adjacent to an activating group) is 1. The SMILES string of the molecule is C=CC(=O)N1CC2(CCN(c3nc(N4CCC(N5CCN(C)[C@@H](C)C5)CC4)nc(-c4c(C)ccc5[nH]ncc45)c3C#N)C2)C1. The third-order valence-corrected chi connectivity index (χ3v) is 10.6. The summed E-state index contributed by atoms with van der Waals surface area (Å²) in [6.07, 6.45) is 6.32. The van der Waals surface area contributed by atoms with E-state index in [9.17, 15) is 10.1 Å². The first-order valence-corrected chi connectivity index (χ1v) is 15.9. The molecule has 7 rings (SSSR count). The maximum absolute atomic E-state index is 12.2. The predicted octanol–water partition coefficient (Wildman–Crippen LogP) is 3.03. The fourth-order valence-electron chi connectivity index (χ4n) is 7.79. The third-order valence-electron chi connectivity index (χ3n) is 10.6. The molecule has 230 valence electrons. The molecule has 1 atom stereocenters. The lowest BCUT2D eigenvalue weighted by molar-refractivity contribution is -0.136. The molecule has 0 unspecified atom stereocenters. The summed E-state index contributed by atoms with van der Waals surface area (Å²) in [4.78, 5) is 34.1. The van der Waals surface area contributed by atoms with E-state index in [-0.39, 0.29) is 11.3 Å². The minimum atomic E-state index is -0.0171. The first kappa shape index (κ1) is 28.7. The van der Waals surface area contributed by atoms with Crippen LogP contribution in [0.4, 0.5) is 11.8 Å². The lowest BCUT2D eigenvalue weighted by atomic mass is 9.79. The standard InChI is InChI=1S/C33H42N10O/c1-5-28(44)43-20-33(21-43)10-13-42(19-33)31-25(16-34)30(29-22(2)6-7-27-26(29)17-35-38-27)36-32(37-31)40-11-8-24(9-12-40)41-15-14-39(4)23(3)18-41/h5-7,17,23-24H,1,8-15,18-21H2,2-4H3,(H,35,38)/t23-/m0/s1. The van der Waals surface area contributed by atoms with E-state index in [1.54, 1.807) is 0 Å². The van der Waals surface area contributed by atoms with Crippen molar-refractivity contribution in [2.75, 3.05) is 75.8 Å². The Labute approximate surface area is 259 Å². The minimum Gasteiger partial charge on any atom is -0.355 e. The number of aryl methyl sites for hydroxylation is 1. The summed E-state index contributed by atoms with van der Waals surface area (Å²) >= 11 is 0. The van der Waals surface area contributed by atoms with Gasteiger partial charge in [-0.2, -0.15) is 15.3 Å². The van der Waals surface area contributed by atoms with Crippen molar-refractivity contribution < 1.29 is 4.79 Å². The molecular weight excluding hydrogens is 552 g/mol. The Morgan fingerprint density at radius 2 is 1.91 bits per heavy atom. The second-order valence-corrected chi connectivity index (χ2v) is 13.4. The maximum Gasteiger partial charge on any atom is 0.245 e. The summed E-state index contributed by atoms with van der Waals surface area (Å²) in [5, 5.41) is 19.0. The quantitative estimate of drug-likeness (QED) is 0.446. The molecule has 2 aromatic heterocycles. The van der Waals surface area contributed by atoms with E-state index in [2.05, 4.69) is 69.4 Å². The van der Waals surface area contributed by atoms with Crippen LogP contribution >= 0.6 is 0 Å². The summed E-state index contributed by atoms with van der Waals surface area (Å²) in [7, 11) is 2.22. The number of likely N-dealkylation sites (tertiary alicyclic amines) is 1. The van der Waals surface area contributed by atoms with Crippen LogP contribution in [0.2, 0.25) is 0 Å². The minimum absolute atomic E-state index is 0.0171. The highest BCUT2D eigenvalue weighted by molar-refractivity contribution is 5.97. The number of piperazine rings is 1. The number of aromatic amines is 1. The molecule has 4 aliphatic rings. The van der Waals surface area contributed by atoms with Gasteiger partial charge in [0, 0.05) is 87.4 Å². The highest BCUT2D eigenvalue weighted by atomic mass is 16.2. The summed E-state index contributed by atoms with van der Waals surface area (Å²) in [6, 6.07) is 7.74. The van der Waals surface area contributed by atoms with Crippen LogP contribution < -0.4 is 9.80 Å². The van der Waals surface area contributed by atoms with Crippen LogP contribution in [0.1, 0.15) is 37.3 Å². The molecule has 44 heavy (non-hydrogen) atoms. The number of rotatable bonds is 5. The van der Waals surface area contributed by atoms with Crippen LogP contribution in [-0.2, 0) is 4.79 Å². The normalized spacial score (nSPS) is 22.9. The Morgan fingerprint density at radius 3 is 2.64 bits per heavy atom. The summed E-state index contributed by atoms with van der Waals surface area (Å²) < 4.78 is 0. The zero-order valence-electron chi connectivity index (χ0n) is 26.1. The Bertz CT molecular complexity index is 1630. The van der Waals surface area contributed by atoms with Gasteiger partial charge >= 0.3 is 0 Å². The number of nitrogens with zero attached hydrogens (tertiary/aromatic N) is 9. The van der Waals surface area contributed by atoms with Gasteiger partial charge in [0.1, 0.15) is 11.6 Å². The molecular formula is C33H42N10O. The van der Waals surface area contributed by atoms with Gasteiger partial charge in [0.15, 0.2) is 5.82 Å². The number of nitriles is 1. The highest BCUT2D eigenvalue weighted by Gasteiger charge is 2.49. The number of H-pyrrole nitrogens is 1. The van der Waals surface area contributed by atoms with Gasteiger partial charge in [-0.3, -0.25) is 14.8 Å². The molecule has 3 aromatic rings. The van der Waals surface area contributed by atoms with Crippen LogP contribution in [0.5, 0.6) is 0 Å². The molecule has 1 amide bonds.